The number of unbranched alkanes of at least 4 members (excludes halogenated alkanes) is 14. The van der Waals surface area contributed by atoms with Gasteiger partial charge in [-0.05, 0) is 59.7 Å². The molecule has 0 unspecified atom stereocenters. The van der Waals surface area contributed by atoms with Crippen LogP contribution in [0.1, 0.15) is 149 Å². The van der Waals surface area contributed by atoms with Crippen LogP contribution in [0, 0.1) is 23.7 Å². The molecule has 2 nitrogen and oxygen atoms in total. The van der Waals surface area contributed by atoms with E-state index in [0.29, 0.717) is 0 Å². The molecule has 0 saturated heterocycles. The van der Waals surface area contributed by atoms with Crippen LogP contribution in [0.2, 0.25) is 0 Å². The Balaban J connectivity index is 1.60. The molecular formula is C40H54O2S2. The van der Waals surface area contributed by atoms with E-state index in [-0.39, 0.29) is 0 Å². The maximum atomic E-state index is 5.76. The highest BCUT2D eigenvalue weighted by Gasteiger charge is 2.10. The zero-order chi connectivity index (χ0) is 31.2. The lowest BCUT2D eigenvalue weighted by molar-refractivity contribution is 0.401. The van der Waals surface area contributed by atoms with Crippen LogP contribution in [0.3, 0.4) is 0 Å². The lowest BCUT2D eigenvalue weighted by atomic mass is 10.0. The molecule has 0 aliphatic heterocycles. The number of methoxy groups -OCH3 is 2. The van der Waals surface area contributed by atoms with Crippen molar-refractivity contribution in [3.8, 4) is 35.2 Å². The van der Waals surface area contributed by atoms with Gasteiger partial charge in [-0.2, -0.15) is 0 Å². The molecule has 3 rings (SSSR count). The molecule has 0 spiro atoms. The number of thiophene rings is 2. The van der Waals surface area contributed by atoms with Crippen LogP contribution < -0.4 is 9.47 Å². The van der Waals surface area contributed by atoms with E-state index in [9.17, 15) is 0 Å². The third kappa shape index (κ3) is 12.8. The molecular weight excluding hydrogens is 577 g/mol. The van der Waals surface area contributed by atoms with Crippen LogP contribution >= 0.6 is 22.7 Å². The standard InChI is InChI=1S/C40H54O2S2/c1-5-7-9-11-13-15-17-19-21-33-27-29-43-39(33)25-23-35-31-38(42-4)36(32-37(35)41-3)24-26-40-34(28-30-44-40)22-20-18-16-14-12-10-8-6-2/h27-32H,5-22H2,1-4H3. The first-order valence-corrected chi connectivity index (χ1v) is 18.9. The largest absolute Gasteiger partial charge is 0.495 e. The van der Waals surface area contributed by atoms with Crippen molar-refractivity contribution in [2.75, 3.05) is 14.2 Å². The van der Waals surface area contributed by atoms with Crippen molar-refractivity contribution >= 4 is 22.7 Å². The lowest BCUT2D eigenvalue weighted by Gasteiger charge is -2.09. The van der Waals surface area contributed by atoms with Crippen LogP contribution in [0.5, 0.6) is 11.5 Å². The number of benzene rings is 1. The third-order valence-electron chi connectivity index (χ3n) is 8.24. The van der Waals surface area contributed by atoms with Crippen molar-refractivity contribution in [1.29, 1.82) is 0 Å². The second-order valence-electron chi connectivity index (χ2n) is 11.8. The van der Waals surface area contributed by atoms with Crippen molar-refractivity contribution < 1.29 is 9.47 Å². The number of hydrogen-bond donors (Lipinski definition) is 0. The molecule has 4 heteroatoms. The summed E-state index contributed by atoms with van der Waals surface area (Å²) in [7, 11) is 3.40. The molecule has 0 aliphatic carbocycles. The Hall–Kier alpha value is -2.66. The fraction of sp³-hybridized carbons (Fsp3) is 0.550. The Bertz CT molecular complexity index is 1240. The van der Waals surface area contributed by atoms with Gasteiger partial charge in [-0.15, -0.1) is 22.7 Å². The first-order chi connectivity index (χ1) is 21.7. The molecule has 2 heterocycles. The fourth-order valence-electron chi connectivity index (χ4n) is 5.52. The maximum absolute atomic E-state index is 5.76. The molecule has 0 radical (unpaired) electrons. The Labute approximate surface area is 277 Å². The molecule has 0 fully saturated rings. The van der Waals surface area contributed by atoms with Crippen LogP contribution in [-0.2, 0) is 12.8 Å². The Morgan fingerprint density at radius 2 is 0.864 bits per heavy atom. The van der Waals surface area contributed by atoms with Gasteiger partial charge in [-0.25, -0.2) is 0 Å². The minimum atomic E-state index is 0.731. The van der Waals surface area contributed by atoms with E-state index < -0.39 is 0 Å². The zero-order valence-electron chi connectivity index (χ0n) is 27.8. The second-order valence-corrected chi connectivity index (χ2v) is 13.6. The molecule has 0 amide bonds. The average Bonchev–Trinajstić information content (AvgIpc) is 3.70. The van der Waals surface area contributed by atoms with Gasteiger partial charge >= 0.3 is 0 Å². The summed E-state index contributed by atoms with van der Waals surface area (Å²) in [5.41, 5.74) is 4.38. The smallest absolute Gasteiger partial charge is 0.136 e. The molecule has 3 aromatic rings. The van der Waals surface area contributed by atoms with Crippen LogP contribution in [-0.4, -0.2) is 14.2 Å². The summed E-state index contributed by atoms with van der Waals surface area (Å²) in [6.07, 6.45) is 23.6. The second kappa shape index (κ2) is 21.9. The van der Waals surface area contributed by atoms with Crippen molar-refractivity contribution in [2.45, 2.75) is 129 Å². The molecule has 0 N–H and O–H groups in total. The molecule has 0 saturated carbocycles. The van der Waals surface area contributed by atoms with Crippen molar-refractivity contribution in [3.05, 3.63) is 67.0 Å². The summed E-state index contributed by atoms with van der Waals surface area (Å²) in [5.74, 6) is 15.1. The van der Waals surface area contributed by atoms with E-state index in [2.05, 4.69) is 60.4 Å². The predicted molar refractivity (Wildman–Crippen MR) is 193 cm³/mol. The van der Waals surface area contributed by atoms with E-state index in [1.165, 1.54) is 114 Å². The molecule has 44 heavy (non-hydrogen) atoms. The van der Waals surface area contributed by atoms with E-state index >= 15 is 0 Å². The quantitative estimate of drug-likeness (QED) is 0.0913. The number of rotatable bonds is 20. The van der Waals surface area contributed by atoms with Gasteiger partial charge in [0, 0.05) is 12.1 Å². The van der Waals surface area contributed by atoms with Crippen molar-refractivity contribution in [2.24, 2.45) is 0 Å². The molecule has 0 atom stereocenters. The van der Waals surface area contributed by atoms with E-state index in [1.807, 2.05) is 12.1 Å². The van der Waals surface area contributed by atoms with Crippen LogP contribution in [0.25, 0.3) is 0 Å². The van der Waals surface area contributed by atoms with Crippen LogP contribution in [0.15, 0.2) is 35.0 Å². The van der Waals surface area contributed by atoms with E-state index in [0.717, 1.165) is 45.2 Å². The summed E-state index contributed by atoms with van der Waals surface area (Å²) in [5, 5.41) is 4.32. The first kappa shape index (κ1) is 35.8. The van der Waals surface area contributed by atoms with E-state index in [4.69, 9.17) is 9.47 Å². The maximum Gasteiger partial charge on any atom is 0.136 e. The van der Waals surface area contributed by atoms with Gasteiger partial charge < -0.3 is 9.47 Å². The number of ether oxygens (including phenoxy) is 2. The third-order valence-corrected chi connectivity index (χ3v) is 9.98. The molecule has 238 valence electrons. The predicted octanol–water partition coefficient (Wildman–Crippen LogP) is 12.0. The van der Waals surface area contributed by atoms with Gasteiger partial charge in [0.25, 0.3) is 0 Å². The molecule has 1 aromatic carbocycles. The zero-order valence-corrected chi connectivity index (χ0v) is 29.5. The summed E-state index contributed by atoms with van der Waals surface area (Å²) in [6, 6.07) is 8.41. The van der Waals surface area contributed by atoms with Gasteiger partial charge in [0.15, 0.2) is 0 Å². The van der Waals surface area contributed by atoms with Gasteiger partial charge in [-0.1, -0.05) is 127 Å². The fourth-order valence-corrected chi connectivity index (χ4v) is 7.12. The monoisotopic (exact) mass is 630 g/mol. The highest BCUT2D eigenvalue weighted by molar-refractivity contribution is 7.11. The highest BCUT2D eigenvalue weighted by atomic mass is 32.1. The minimum absolute atomic E-state index is 0.731. The highest BCUT2D eigenvalue weighted by Crippen LogP contribution is 2.29. The van der Waals surface area contributed by atoms with Gasteiger partial charge in [-0.3, -0.25) is 0 Å². The SMILES string of the molecule is CCCCCCCCCCc1ccsc1C#Cc1cc(OC)c(C#Cc2sccc2CCCCCCCCCC)cc1OC. The number of hydrogen-bond acceptors (Lipinski definition) is 4. The topological polar surface area (TPSA) is 18.5 Å². The molecule has 2 aromatic heterocycles. The molecule has 0 bridgehead atoms. The van der Waals surface area contributed by atoms with Crippen molar-refractivity contribution in [1.82, 2.24) is 0 Å². The normalized spacial score (nSPS) is 10.6. The summed E-state index contributed by atoms with van der Waals surface area (Å²) in [4.78, 5) is 2.30. The van der Waals surface area contributed by atoms with Gasteiger partial charge in [0.2, 0.25) is 0 Å². The van der Waals surface area contributed by atoms with E-state index in [1.54, 1.807) is 36.9 Å². The summed E-state index contributed by atoms with van der Waals surface area (Å²) >= 11 is 3.45. The van der Waals surface area contributed by atoms with Crippen molar-refractivity contribution in [3.63, 3.8) is 0 Å². The van der Waals surface area contributed by atoms with Crippen LogP contribution in [0.4, 0.5) is 0 Å². The lowest BCUT2D eigenvalue weighted by Crippen LogP contribution is -1.94. The van der Waals surface area contributed by atoms with Gasteiger partial charge in [0.1, 0.15) is 11.5 Å². The summed E-state index contributed by atoms with van der Waals surface area (Å²) in [6.45, 7) is 4.55. The Kier molecular flexibility index (Phi) is 17.9. The minimum Gasteiger partial charge on any atom is -0.495 e. The Morgan fingerprint density at radius 3 is 1.23 bits per heavy atom. The molecule has 0 aliphatic rings. The number of aryl methyl sites for hydroxylation is 2. The van der Waals surface area contributed by atoms with Gasteiger partial charge in [0.05, 0.1) is 35.1 Å². The average molecular weight is 631 g/mol. The summed E-state index contributed by atoms with van der Waals surface area (Å²) < 4.78 is 11.5. The Morgan fingerprint density at radius 1 is 0.500 bits per heavy atom. The first-order valence-electron chi connectivity index (χ1n) is 17.1.